The molecule has 2 aromatic heterocycles. The van der Waals surface area contributed by atoms with Crippen molar-refractivity contribution in [2.24, 2.45) is 0 Å². The number of carbonyl (C=O) groups is 1. The Bertz CT molecular complexity index is 552. The number of hydrogen-bond donors (Lipinski definition) is 1. The molecule has 3 heterocycles. The summed E-state index contributed by atoms with van der Waals surface area (Å²) in [7, 11) is 2.08. The molecule has 3 rings (SSSR count). The molecule has 0 spiro atoms. The zero-order valence-corrected chi connectivity index (χ0v) is 12.3. The molecule has 1 fully saturated rings. The number of aromatic amines is 1. The van der Waals surface area contributed by atoms with E-state index in [1.165, 1.54) is 0 Å². The van der Waals surface area contributed by atoms with Crippen LogP contribution in [0.15, 0.2) is 29.9 Å². The molecule has 1 N–H and O–H groups in total. The van der Waals surface area contributed by atoms with E-state index >= 15 is 0 Å². The number of carbonyl (C=O) groups excluding carboxylic acids is 1. The number of nitrogens with one attached hydrogen (secondary N) is 1. The summed E-state index contributed by atoms with van der Waals surface area (Å²) in [6.45, 7) is 2.37. The third-order valence-electron chi connectivity index (χ3n) is 3.74. The first-order valence-corrected chi connectivity index (χ1v) is 7.61. The highest BCUT2D eigenvalue weighted by Crippen LogP contribution is 2.22. The van der Waals surface area contributed by atoms with E-state index in [1.807, 2.05) is 28.6 Å². The van der Waals surface area contributed by atoms with Crippen molar-refractivity contribution in [1.29, 1.82) is 0 Å². The van der Waals surface area contributed by atoms with Crippen LogP contribution in [0.4, 0.5) is 0 Å². The second kappa shape index (κ2) is 5.76. The summed E-state index contributed by atoms with van der Waals surface area (Å²) in [6.07, 6.45) is 4.09. The van der Waals surface area contributed by atoms with Crippen molar-refractivity contribution >= 4 is 17.2 Å². The van der Waals surface area contributed by atoms with E-state index in [0.717, 1.165) is 23.8 Å². The fourth-order valence-electron chi connectivity index (χ4n) is 2.53. The lowest BCUT2D eigenvalue weighted by molar-refractivity contribution is -0.133. The van der Waals surface area contributed by atoms with Crippen molar-refractivity contribution in [1.82, 2.24) is 19.8 Å². The maximum absolute atomic E-state index is 12.4. The number of imidazole rings is 1. The minimum atomic E-state index is 0.158. The zero-order chi connectivity index (χ0) is 13.9. The molecule has 0 bridgehead atoms. The normalized spacial score (nSPS) is 20.2. The summed E-state index contributed by atoms with van der Waals surface area (Å²) >= 11 is 1.64. The van der Waals surface area contributed by atoms with Gasteiger partial charge in [0.1, 0.15) is 5.82 Å². The lowest BCUT2D eigenvalue weighted by Gasteiger charge is -2.38. The van der Waals surface area contributed by atoms with Crippen LogP contribution in [0.5, 0.6) is 0 Å². The van der Waals surface area contributed by atoms with Gasteiger partial charge in [0.05, 0.1) is 12.5 Å². The summed E-state index contributed by atoms with van der Waals surface area (Å²) in [5.74, 6) is 1.14. The van der Waals surface area contributed by atoms with Crippen LogP contribution in [0.25, 0.3) is 0 Å². The monoisotopic (exact) mass is 290 g/mol. The van der Waals surface area contributed by atoms with E-state index in [2.05, 4.69) is 21.9 Å². The van der Waals surface area contributed by atoms with Gasteiger partial charge in [-0.3, -0.25) is 9.69 Å². The molecule has 1 atom stereocenters. The van der Waals surface area contributed by atoms with Gasteiger partial charge in [-0.15, -0.1) is 11.3 Å². The molecule has 0 aromatic carbocycles. The van der Waals surface area contributed by atoms with E-state index < -0.39 is 0 Å². The highest BCUT2D eigenvalue weighted by Gasteiger charge is 2.29. The molecule has 0 saturated carbocycles. The van der Waals surface area contributed by atoms with Crippen molar-refractivity contribution in [3.05, 3.63) is 40.6 Å². The number of hydrogen-bond acceptors (Lipinski definition) is 4. The minimum Gasteiger partial charge on any atom is -0.347 e. The Hall–Kier alpha value is -1.66. The molecular weight excluding hydrogens is 272 g/mol. The molecule has 1 aliphatic rings. The van der Waals surface area contributed by atoms with Gasteiger partial charge >= 0.3 is 0 Å². The third-order valence-corrected chi connectivity index (χ3v) is 4.62. The number of likely N-dealkylation sites (N-methyl/N-ethyl adjacent to an activating group) is 1. The highest BCUT2D eigenvalue weighted by atomic mass is 32.1. The van der Waals surface area contributed by atoms with Crippen LogP contribution in [0.3, 0.4) is 0 Å². The first kappa shape index (κ1) is 13.3. The number of rotatable bonds is 3. The largest absolute Gasteiger partial charge is 0.347 e. The molecule has 5 nitrogen and oxygen atoms in total. The Labute approximate surface area is 122 Å². The van der Waals surface area contributed by atoms with Crippen molar-refractivity contribution < 1.29 is 4.79 Å². The van der Waals surface area contributed by atoms with Crippen LogP contribution in [0.1, 0.15) is 16.7 Å². The molecule has 6 heteroatoms. The van der Waals surface area contributed by atoms with Crippen LogP contribution in [0.2, 0.25) is 0 Å². The fraction of sp³-hybridized carbons (Fsp3) is 0.429. The van der Waals surface area contributed by atoms with E-state index in [9.17, 15) is 4.79 Å². The summed E-state index contributed by atoms with van der Waals surface area (Å²) < 4.78 is 0. The average molecular weight is 290 g/mol. The molecule has 0 radical (unpaired) electrons. The van der Waals surface area contributed by atoms with Gasteiger partial charge in [-0.05, 0) is 18.5 Å². The number of nitrogens with zero attached hydrogens (tertiary/aromatic N) is 3. The maximum Gasteiger partial charge on any atom is 0.227 e. The Kier molecular flexibility index (Phi) is 3.84. The third kappa shape index (κ3) is 2.76. The van der Waals surface area contributed by atoms with Crippen LogP contribution >= 0.6 is 11.3 Å². The van der Waals surface area contributed by atoms with Gasteiger partial charge in [-0.25, -0.2) is 4.98 Å². The SMILES string of the molecule is CN1CCN(C(=O)Cc2cccs2)CC1c1ncc[nH]1. The van der Waals surface area contributed by atoms with Crippen LogP contribution in [0, 0.1) is 0 Å². The quantitative estimate of drug-likeness (QED) is 0.932. The number of H-pyrrole nitrogens is 1. The minimum absolute atomic E-state index is 0.158. The maximum atomic E-state index is 12.4. The molecule has 1 aliphatic heterocycles. The summed E-state index contributed by atoms with van der Waals surface area (Å²) in [5.41, 5.74) is 0. The molecule has 20 heavy (non-hydrogen) atoms. The molecule has 1 saturated heterocycles. The Morgan fingerprint density at radius 1 is 1.55 bits per heavy atom. The fourth-order valence-corrected chi connectivity index (χ4v) is 3.23. The van der Waals surface area contributed by atoms with Crippen LogP contribution < -0.4 is 0 Å². The summed E-state index contributed by atoms with van der Waals surface area (Å²) in [5, 5.41) is 2.01. The number of amides is 1. The topological polar surface area (TPSA) is 52.2 Å². The molecule has 2 aromatic rings. The van der Waals surface area contributed by atoms with Crippen molar-refractivity contribution in [3.63, 3.8) is 0 Å². The van der Waals surface area contributed by atoms with E-state index in [0.29, 0.717) is 13.0 Å². The summed E-state index contributed by atoms with van der Waals surface area (Å²) in [4.78, 5) is 25.2. The summed E-state index contributed by atoms with van der Waals surface area (Å²) in [6, 6.07) is 4.16. The highest BCUT2D eigenvalue weighted by molar-refractivity contribution is 7.10. The zero-order valence-electron chi connectivity index (χ0n) is 11.5. The lowest BCUT2D eigenvalue weighted by atomic mass is 10.1. The van der Waals surface area contributed by atoms with Crippen LogP contribution in [-0.2, 0) is 11.2 Å². The molecule has 1 amide bonds. The second-order valence-electron chi connectivity index (χ2n) is 5.07. The Morgan fingerprint density at radius 3 is 3.15 bits per heavy atom. The van der Waals surface area contributed by atoms with Gasteiger partial charge in [0.25, 0.3) is 0 Å². The van der Waals surface area contributed by atoms with E-state index in [4.69, 9.17) is 0 Å². The second-order valence-corrected chi connectivity index (χ2v) is 6.10. The lowest BCUT2D eigenvalue weighted by Crippen LogP contribution is -2.49. The standard InChI is InChI=1S/C14H18N4OS/c1-17-6-7-18(10-12(17)14-15-4-5-16-14)13(19)9-11-3-2-8-20-11/h2-5,8,12H,6-7,9-10H2,1H3,(H,15,16). The average Bonchev–Trinajstić information content (AvgIpc) is 3.11. The molecule has 1 unspecified atom stereocenters. The van der Waals surface area contributed by atoms with E-state index in [1.54, 1.807) is 17.5 Å². The van der Waals surface area contributed by atoms with Gasteiger partial charge < -0.3 is 9.88 Å². The number of aromatic nitrogens is 2. The predicted octanol–water partition coefficient (Wildman–Crippen LogP) is 1.53. The number of piperazine rings is 1. The van der Waals surface area contributed by atoms with Gasteiger partial charge in [0, 0.05) is 36.9 Å². The molecule has 106 valence electrons. The first-order valence-electron chi connectivity index (χ1n) is 6.73. The van der Waals surface area contributed by atoms with Gasteiger partial charge in [-0.2, -0.15) is 0 Å². The first-order chi connectivity index (χ1) is 9.74. The van der Waals surface area contributed by atoms with Gasteiger partial charge in [0.2, 0.25) is 5.91 Å². The van der Waals surface area contributed by atoms with Crippen molar-refractivity contribution in [3.8, 4) is 0 Å². The predicted molar refractivity (Wildman–Crippen MR) is 78.6 cm³/mol. The Morgan fingerprint density at radius 2 is 2.45 bits per heavy atom. The smallest absolute Gasteiger partial charge is 0.227 e. The van der Waals surface area contributed by atoms with Gasteiger partial charge in [-0.1, -0.05) is 6.07 Å². The van der Waals surface area contributed by atoms with Gasteiger partial charge in [0.15, 0.2) is 0 Å². The number of thiophene rings is 1. The molecular formula is C14H18N4OS. The van der Waals surface area contributed by atoms with Crippen molar-refractivity contribution in [2.45, 2.75) is 12.5 Å². The molecule has 0 aliphatic carbocycles. The Balaban J connectivity index is 1.67. The van der Waals surface area contributed by atoms with E-state index in [-0.39, 0.29) is 11.9 Å². The van der Waals surface area contributed by atoms with Crippen molar-refractivity contribution in [2.75, 3.05) is 26.7 Å². The van der Waals surface area contributed by atoms with Crippen LogP contribution in [-0.4, -0.2) is 52.4 Å².